The number of nitrogens with zero attached hydrogens (tertiary/aromatic N) is 1. The average Bonchev–Trinajstić information content (AvgIpc) is 2.32. The lowest BCUT2D eigenvalue weighted by Gasteiger charge is -2.07. The van der Waals surface area contributed by atoms with Gasteiger partial charge in [-0.15, -0.1) is 0 Å². The number of benzene rings is 1. The summed E-state index contributed by atoms with van der Waals surface area (Å²) in [5.74, 6) is -0.204. The summed E-state index contributed by atoms with van der Waals surface area (Å²) in [5.41, 5.74) is 7.26. The maximum atomic E-state index is 11.9. The van der Waals surface area contributed by atoms with E-state index in [1.807, 2.05) is 6.07 Å². The van der Waals surface area contributed by atoms with Gasteiger partial charge in [-0.05, 0) is 24.3 Å². The molecule has 0 aliphatic rings. The van der Waals surface area contributed by atoms with Gasteiger partial charge in [0.2, 0.25) is 0 Å². The summed E-state index contributed by atoms with van der Waals surface area (Å²) in [6.07, 6.45) is 3.07. The molecule has 5 heteroatoms. The Labute approximate surface area is 107 Å². The number of anilines is 2. The lowest BCUT2D eigenvalue weighted by molar-refractivity contribution is 0.102. The number of nitrogens with one attached hydrogen (secondary N) is 1. The number of hydrogen-bond acceptors (Lipinski definition) is 3. The van der Waals surface area contributed by atoms with E-state index in [0.29, 0.717) is 16.9 Å². The van der Waals surface area contributed by atoms with E-state index in [9.17, 15) is 4.79 Å². The van der Waals surface area contributed by atoms with Crippen LogP contribution in [0.3, 0.4) is 0 Å². The minimum atomic E-state index is -0.204. The molecular weight excluding hydrogens is 282 g/mol. The first kappa shape index (κ1) is 11.6. The van der Waals surface area contributed by atoms with Crippen LogP contribution < -0.4 is 11.1 Å². The number of nitrogen functional groups attached to an aromatic ring is 1. The third-order valence-electron chi connectivity index (χ3n) is 2.19. The molecule has 2 aromatic rings. The number of aromatic nitrogens is 1. The van der Waals surface area contributed by atoms with Crippen LogP contribution in [0.25, 0.3) is 0 Å². The smallest absolute Gasteiger partial charge is 0.255 e. The van der Waals surface area contributed by atoms with Crippen molar-refractivity contribution in [3.63, 3.8) is 0 Å². The molecule has 0 saturated heterocycles. The van der Waals surface area contributed by atoms with E-state index in [2.05, 4.69) is 26.2 Å². The number of nitrogens with two attached hydrogens (primary N) is 1. The lowest BCUT2D eigenvalue weighted by Crippen LogP contribution is -2.13. The van der Waals surface area contributed by atoms with Crippen molar-refractivity contribution in [3.8, 4) is 0 Å². The monoisotopic (exact) mass is 291 g/mol. The topological polar surface area (TPSA) is 68.0 Å². The van der Waals surface area contributed by atoms with Crippen molar-refractivity contribution in [3.05, 3.63) is 52.8 Å². The fraction of sp³-hybridized carbons (Fsp3) is 0. The first-order valence-electron chi connectivity index (χ1n) is 4.93. The van der Waals surface area contributed by atoms with E-state index in [-0.39, 0.29) is 5.91 Å². The molecule has 1 aromatic heterocycles. The summed E-state index contributed by atoms with van der Waals surface area (Å²) in [7, 11) is 0. The Balaban J connectivity index is 2.20. The molecule has 1 aromatic carbocycles. The molecule has 1 amide bonds. The highest BCUT2D eigenvalue weighted by Gasteiger charge is 2.07. The molecule has 0 unspecified atom stereocenters. The Hall–Kier alpha value is -1.88. The van der Waals surface area contributed by atoms with E-state index in [0.717, 1.165) is 4.47 Å². The zero-order valence-electron chi connectivity index (χ0n) is 8.85. The Bertz CT molecular complexity index is 557. The minimum absolute atomic E-state index is 0.204. The summed E-state index contributed by atoms with van der Waals surface area (Å²) in [6, 6.07) is 8.79. The van der Waals surface area contributed by atoms with E-state index >= 15 is 0 Å². The Morgan fingerprint density at radius 2 is 2.18 bits per heavy atom. The Kier molecular flexibility index (Phi) is 3.39. The molecule has 0 radical (unpaired) electrons. The molecule has 0 spiro atoms. The predicted octanol–water partition coefficient (Wildman–Crippen LogP) is 2.68. The van der Waals surface area contributed by atoms with Crippen molar-refractivity contribution in [2.45, 2.75) is 0 Å². The van der Waals surface area contributed by atoms with Crippen LogP contribution in [0.1, 0.15) is 10.4 Å². The van der Waals surface area contributed by atoms with Crippen LogP contribution in [0.5, 0.6) is 0 Å². The first-order valence-corrected chi connectivity index (χ1v) is 5.72. The van der Waals surface area contributed by atoms with E-state index in [4.69, 9.17) is 5.73 Å². The van der Waals surface area contributed by atoms with Gasteiger partial charge in [0.1, 0.15) is 0 Å². The highest BCUT2D eigenvalue weighted by Crippen LogP contribution is 2.17. The SMILES string of the molecule is Nc1cnccc1NC(=O)c1cccc(Br)c1. The number of pyridine rings is 1. The lowest BCUT2D eigenvalue weighted by atomic mass is 10.2. The van der Waals surface area contributed by atoms with Crippen molar-refractivity contribution in [2.75, 3.05) is 11.1 Å². The van der Waals surface area contributed by atoms with Gasteiger partial charge in [0.05, 0.1) is 17.6 Å². The molecule has 0 bridgehead atoms. The normalized spacial score (nSPS) is 9.94. The molecule has 0 atom stereocenters. The summed E-state index contributed by atoms with van der Waals surface area (Å²) in [5, 5.41) is 2.73. The average molecular weight is 292 g/mol. The van der Waals surface area contributed by atoms with Gasteiger partial charge in [-0.3, -0.25) is 9.78 Å². The van der Waals surface area contributed by atoms with E-state index in [1.165, 1.54) is 6.20 Å². The number of rotatable bonds is 2. The van der Waals surface area contributed by atoms with Crippen molar-refractivity contribution in [1.82, 2.24) is 4.98 Å². The zero-order chi connectivity index (χ0) is 12.3. The first-order chi connectivity index (χ1) is 8.16. The van der Waals surface area contributed by atoms with Gasteiger partial charge in [-0.1, -0.05) is 22.0 Å². The van der Waals surface area contributed by atoms with Gasteiger partial charge in [0.25, 0.3) is 5.91 Å². The summed E-state index contributed by atoms with van der Waals surface area (Å²) in [4.78, 5) is 15.8. The number of carbonyl (C=O) groups is 1. The third-order valence-corrected chi connectivity index (χ3v) is 2.68. The summed E-state index contributed by atoms with van der Waals surface area (Å²) >= 11 is 3.32. The molecule has 1 heterocycles. The quantitative estimate of drug-likeness (QED) is 0.894. The molecule has 2 rings (SSSR count). The second-order valence-electron chi connectivity index (χ2n) is 3.43. The van der Waals surface area contributed by atoms with Gasteiger partial charge in [0, 0.05) is 16.2 Å². The van der Waals surface area contributed by atoms with Gasteiger partial charge < -0.3 is 11.1 Å². The zero-order valence-corrected chi connectivity index (χ0v) is 10.4. The summed E-state index contributed by atoms with van der Waals surface area (Å²) < 4.78 is 0.854. The van der Waals surface area contributed by atoms with E-state index < -0.39 is 0 Å². The second-order valence-corrected chi connectivity index (χ2v) is 4.34. The fourth-order valence-electron chi connectivity index (χ4n) is 1.34. The molecule has 17 heavy (non-hydrogen) atoms. The van der Waals surface area contributed by atoms with Crippen LogP contribution in [0.2, 0.25) is 0 Å². The standard InChI is InChI=1S/C12H10BrN3O/c13-9-3-1-2-8(6-9)12(17)16-11-4-5-15-7-10(11)14/h1-7H,14H2,(H,15,16,17). The molecule has 0 aliphatic heterocycles. The van der Waals surface area contributed by atoms with Crippen LogP contribution in [-0.2, 0) is 0 Å². The van der Waals surface area contributed by atoms with Crippen LogP contribution >= 0.6 is 15.9 Å². The van der Waals surface area contributed by atoms with Gasteiger partial charge in [-0.25, -0.2) is 0 Å². The van der Waals surface area contributed by atoms with Crippen LogP contribution in [0.15, 0.2) is 47.2 Å². The largest absolute Gasteiger partial charge is 0.396 e. The maximum absolute atomic E-state index is 11.9. The van der Waals surface area contributed by atoms with Crippen LogP contribution in [0, 0.1) is 0 Å². The van der Waals surface area contributed by atoms with Crippen molar-refractivity contribution in [2.24, 2.45) is 0 Å². The van der Waals surface area contributed by atoms with E-state index in [1.54, 1.807) is 30.5 Å². The molecule has 0 saturated carbocycles. The molecule has 3 N–H and O–H groups in total. The Morgan fingerprint density at radius 1 is 1.35 bits per heavy atom. The summed E-state index contributed by atoms with van der Waals surface area (Å²) in [6.45, 7) is 0. The molecule has 0 aliphatic carbocycles. The highest BCUT2D eigenvalue weighted by atomic mass is 79.9. The minimum Gasteiger partial charge on any atom is -0.396 e. The highest BCUT2D eigenvalue weighted by molar-refractivity contribution is 9.10. The number of carbonyl (C=O) groups excluding carboxylic acids is 1. The number of amides is 1. The van der Waals surface area contributed by atoms with Crippen LogP contribution in [-0.4, -0.2) is 10.9 Å². The molecule has 86 valence electrons. The van der Waals surface area contributed by atoms with Crippen molar-refractivity contribution >= 4 is 33.2 Å². The molecular formula is C12H10BrN3O. The maximum Gasteiger partial charge on any atom is 0.255 e. The van der Waals surface area contributed by atoms with Crippen molar-refractivity contribution in [1.29, 1.82) is 0 Å². The van der Waals surface area contributed by atoms with Gasteiger partial charge >= 0.3 is 0 Å². The number of hydrogen-bond donors (Lipinski definition) is 2. The van der Waals surface area contributed by atoms with Crippen molar-refractivity contribution < 1.29 is 4.79 Å². The van der Waals surface area contributed by atoms with Gasteiger partial charge in [-0.2, -0.15) is 0 Å². The Morgan fingerprint density at radius 3 is 2.88 bits per heavy atom. The fourth-order valence-corrected chi connectivity index (χ4v) is 1.74. The molecule has 4 nitrogen and oxygen atoms in total. The predicted molar refractivity (Wildman–Crippen MR) is 70.7 cm³/mol. The van der Waals surface area contributed by atoms with Crippen LogP contribution in [0.4, 0.5) is 11.4 Å². The third kappa shape index (κ3) is 2.82. The number of halogens is 1. The second kappa shape index (κ2) is 4.97. The van der Waals surface area contributed by atoms with Gasteiger partial charge in [0.15, 0.2) is 0 Å². The molecule has 0 fully saturated rings.